The first-order valence-corrected chi connectivity index (χ1v) is 11.7. The van der Waals surface area contributed by atoms with Crippen LogP contribution in [0.1, 0.15) is 41.4 Å². The summed E-state index contributed by atoms with van der Waals surface area (Å²) in [7, 11) is 0. The standard InChI is InChI=1S/C22H30N4O3S/c1-3-24(4-2)15-18(27)26-9-7-16(14-26)19-17-6-5-8-23-21(17)30-20(19)22(28)25-10-12-29-13-11-25/h5-6,8,16H,3-4,7,9-15H2,1-2H3/t16-/m0/s1. The number of amides is 2. The fourth-order valence-electron chi connectivity index (χ4n) is 4.39. The molecular formula is C22H30N4O3S. The number of hydrogen-bond acceptors (Lipinski definition) is 6. The lowest BCUT2D eigenvalue weighted by Gasteiger charge is -2.27. The Morgan fingerprint density at radius 2 is 1.97 bits per heavy atom. The van der Waals surface area contributed by atoms with E-state index in [1.165, 1.54) is 11.3 Å². The van der Waals surface area contributed by atoms with Crippen molar-refractivity contribution in [3.63, 3.8) is 0 Å². The fraction of sp³-hybridized carbons (Fsp3) is 0.591. The van der Waals surface area contributed by atoms with E-state index in [1.54, 1.807) is 6.20 Å². The number of rotatable bonds is 6. The van der Waals surface area contributed by atoms with Crippen LogP contribution in [0.15, 0.2) is 18.3 Å². The van der Waals surface area contributed by atoms with Gasteiger partial charge in [-0.25, -0.2) is 4.98 Å². The molecule has 30 heavy (non-hydrogen) atoms. The molecule has 7 nitrogen and oxygen atoms in total. The van der Waals surface area contributed by atoms with Gasteiger partial charge < -0.3 is 14.5 Å². The third kappa shape index (κ3) is 4.22. The van der Waals surface area contributed by atoms with Crippen molar-refractivity contribution in [3.05, 3.63) is 28.8 Å². The first kappa shape index (κ1) is 21.2. The summed E-state index contributed by atoms with van der Waals surface area (Å²) in [6.07, 6.45) is 2.66. The number of pyridine rings is 1. The molecule has 2 fully saturated rings. The van der Waals surface area contributed by atoms with E-state index in [0.717, 1.165) is 46.7 Å². The number of likely N-dealkylation sites (N-methyl/N-ethyl adjacent to an activating group) is 1. The Balaban J connectivity index is 1.59. The minimum absolute atomic E-state index is 0.0733. The maximum absolute atomic E-state index is 13.4. The number of thiophene rings is 1. The minimum atomic E-state index is 0.0733. The topological polar surface area (TPSA) is 66.0 Å². The molecule has 0 bridgehead atoms. The zero-order chi connectivity index (χ0) is 21.1. The smallest absolute Gasteiger partial charge is 0.264 e. The maximum atomic E-state index is 13.4. The van der Waals surface area contributed by atoms with Crippen LogP contribution < -0.4 is 0 Å². The Bertz CT molecular complexity index is 905. The highest BCUT2D eigenvalue weighted by Gasteiger charge is 2.34. The molecule has 0 aliphatic carbocycles. The summed E-state index contributed by atoms with van der Waals surface area (Å²) in [5, 5.41) is 1.06. The van der Waals surface area contributed by atoms with Gasteiger partial charge in [-0.2, -0.15) is 0 Å². The van der Waals surface area contributed by atoms with E-state index >= 15 is 0 Å². The van der Waals surface area contributed by atoms with Gasteiger partial charge in [0.1, 0.15) is 4.83 Å². The highest BCUT2D eigenvalue weighted by Crippen LogP contribution is 2.40. The zero-order valence-corrected chi connectivity index (χ0v) is 18.6. The molecule has 0 radical (unpaired) electrons. The van der Waals surface area contributed by atoms with Gasteiger partial charge in [0.25, 0.3) is 5.91 Å². The highest BCUT2D eigenvalue weighted by molar-refractivity contribution is 7.20. The number of carbonyl (C=O) groups excluding carboxylic acids is 2. The van der Waals surface area contributed by atoms with Gasteiger partial charge in [-0.05, 0) is 31.1 Å². The number of morpholine rings is 1. The van der Waals surface area contributed by atoms with Crippen molar-refractivity contribution < 1.29 is 14.3 Å². The molecule has 2 saturated heterocycles. The molecule has 0 aromatic carbocycles. The van der Waals surface area contributed by atoms with Gasteiger partial charge in [-0.3, -0.25) is 14.5 Å². The number of likely N-dealkylation sites (tertiary alicyclic amines) is 1. The van der Waals surface area contributed by atoms with Crippen molar-refractivity contribution >= 4 is 33.4 Å². The summed E-state index contributed by atoms with van der Waals surface area (Å²) in [4.78, 5) is 38.3. The number of fused-ring (bicyclic) bond motifs is 1. The van der Waals surface area contributed by atoms with Crippen molar-refractivity contribution in [2.75, 3.05) is 59.0 Å². The quantitative estimate of drug-likeness (QED) is 0.704. The van der Waals surface area contributed by atoms with E-state index in [-0.39, 0.29) is 17.7 Å². The van der Waals surface area contributed by atoms with Crippen molar-refractivity contribution in [1.82, 2.24) is 19.7 Å². The Kier molecular flexibility index (Phi) is 6.65. The first-order chi connectivity index (χ1) is 14.6. The van der Waals surface area contributed by atoms with E-state index < -0.39 is 0 Å². The number of hydrogen-bond donors (Lipinski definition) is 0. The third-order valence-corrected chi connectivity index (χ3v) is 7.32. The third-order valence-electron chi connectivity index (χ3n) is 6.20. The van der Waals surface area contributed by atoms with Gasteiger partial charge in [0.05, 0.1) is 24.6 Å². The van der Waals surface area contributed by atoms with Crippen LogP contribution in [0.25, 0.3) is 10.2 Å². The lowest BCUT2D eigenvalue weighted by molar-refractivity contribution is -0.131. The van der Waals surface area contributed by atoms with Crippen molar-refractivity contribution in [1.29, 1.82) is 0 Å². The number of aromatic nitrogens is 1. The molecule has 0 unspecified atom stereocenters. The van der Waals surface area contributed by atoms with Crippen LogP contribution >= 0.6 is 11.3 Å². The fourth-order valence-corrected chi connectivity index (χ4v) is 5.58. The summed E-state index contributed by atoms with van der Waals surface area (Å²) in [6.45, 7) is 10.2. The second-order valence-corrected chi connectivity index (χ2v) is 8.89. The molecule has 2 aliphatic rings. The van der Waals surface area contributed by atoms with Crippen LogP contribution in [0.2, 0.25) is 0 Å². The predicted molar refractivity (Wildman–Crippen MR) is 118 cm³/mol. The van der Waals surface area contributed by atoms with Crippen molar-refractivity contribution in [2.24, 2.45) is 0 Å². The minimum Gasteiger partial charge on any atom is -0.378 e. The number of nitrogens with zero attached hydrogens (tertiary/aromatic N) is 4. The van der Waals surface area contributed by atoms with E-state index in [1.807, 2.05) is 15.9 Å². The van der Waals surface area contributed by atoms with E-state index in [9.17, 15) is 9.59 Å². The average molecular weight is 431 g/mol. The van der Waals surface area contributed by atoms with Gasteiger partial charge in [-0.15, -0.1) is 11.3 Å². The molecular weight excluding hydrogens is 400 g/mol. The van der Waals surface area contributed by atoms with Crippen LogP contribution in [0.4, 0.5) is 0 Å². The predicted octanol–water partition coefficient (Wildman–Crippen LogP) is 2.43. The van der Waals surface area contributed by atoms with Gasteiger partial charge in [0.2, 0.25) is 5.91 Å². The first-order valence-electron chi connectivity index (χ1n) is 10.9. The second-order valence-electron chi connectivity index (χ2n) is 7.89. The number of carbonyl (C=O) groups is 2. The Morgan fingerprint density at radius 1 is 1.20 bits per heavy atom. The molecule has 0 saturated carbocycles. The summed E-state index contributed by atoms with van der Waals surface area (Å²) in [5.41, 5.74) is 1.08. The monoisotopic (exact) mass is 430 g/mol. The van der Waals surface area contributed by atoms with Crippen LogP contribution in [0.3, 0.4) is 0 Å². The average Bonchev–Trinajstić information content (AvgIpc) is 3.42. The molecule has 2 amide bonds. The van der Waals surface area contributed by atoms with Crippen LogP contribution in [0.5, 0.6) is 0 Å². The summed E-state index contributed by atoms with van der Waals surface area (Å²) in [5.74, 6) is 0.424. The van der Waals surface area contributed by atoms with Gasteiger partial charge in [0.15, 0.2) is 0 Å². The highest BCUT2D eigenvalue weighted by atomic mass is 32.1. The molecule has 4 heterocycles. The van der Waals surface area contributed by atoms with Crippen LogP contribution in [-0.4, -0.2) is 90.5 Å². The summed E-state index contributed by atoms with van der Waals surface area (Å²) >= 11 is 1.49. The molecule has 0 N–H and O–H groups in total. The zero-order valence-electron chi connectivity index (χ0n) is 17.8. The lowest BCUT2D eigenvalue weighted by Crippen LogP contribution is -2.41. The summed E-state index contributed by atoms with van der Waals surface area (Å²) in [6, 6.07) is 3.99. The molecule has 8 heteroatoms. The molecule has 2 aliphatic heterocycles. The number of ether oxygens (including phenoxy) is 1. The van der Waals surface area contributed by atoms with Crippen LogP contribution in [-0.2, 0) is 9.53 Å². The van der Waals surface area contributed by atoms with E-state index in [4.69, 9.17) is 4.74 Å². The van der Waals surface area contributed by atoms with Gasteiger partial charge >= 0.3 is 0 Å². The van der Waals surface area contributed by atoms with E-state index in [2.05, 4.69) is 29.8 Å². The molecule has 2 aromatic heterocycles. The Hall–Kier alpha value is -2.03. The van der Waals surface area contributed by atoms with Crippen molar-refractivity contribution in [3.8, 4) is 0 Å². The lowest BCUT2D eigenvalue weighted by atomic mass is 9.95. The summed E-state index contributed by atoms with van der Waals surface area (Å²) < 4.78 is 5.41. The Morgan fingerprint density at radius 3 is 2.70 bits per heavy atom. The second kappa shape index (κ2) is 9.41. The largest absolute Gasteiger partial charge is 0.378 e. The molecule has 1 atom stereocenters. The molecule has 162 valence electrons. The van der Waals surface area contributed by atoms with Gasteiger partial charge in [0, 0.05) is 43.7 Å². The molecule has 2 aromatic rings. The molecule has 0 spiro atoms. The maximum Gasteiger partial charge on any atom is 0.264 e. The van der Waals surface area contributed by atoms with Crippen LogP contribution in [0, 0.1) is 0 Å². The molecule has 4 rings (SSSR count). The normalized spacial score (nSPS) is 19.8. The van der Waals surface area contributed by atoms with Gasteiger partial charge in [-0.1, -0.05) is 19.9 Å². The SMILES string of the molecule is CCN(CC)CC(=O)N1CC[C@H](c2c(C(=O)N3CCOCC3)sc3ncccc23)C1. The Labute approximate surface area is 181 Å². The van der Waals surface area contributed by atoms with E-state index in [0.29, 0.717) is 39.4 Å². The van der Waals surface area contributed by atoms with Crippen molar-refractivity contribution in [2.45, 2.75) is 26.2 Å².